The molecule has 0 aromatic heterocycles. The van der Waals surface area contributed by atoms with Crippen LogP contribution in [0.2, 0.25) is 24.2 Å². The van der Waals surface area contributed by atoms with E-state index >= 15 is 0 Å². The molecule has 0 saturated heterocycles. The van der Waals surface area contributed by atoms with Crippen LogP contribution in [-0.4, -0.2) is 8.07 Å². The number of hydrogen-bond acceptors (Lipinski definition) is 0. The maximum atomic E-state index is 2.42. The Balaban J connectivity index is 4.06. The lowest BCUT2D eigenvalue weighted by atomic mass is 10.5. The van der Waals surface area contributed by atoms with E-state index in [-0.39, 0.29) is 0 Å². The van der Waals surface area contributed by atoms with Gasteiger partial charge in [-0.3, -0.25) is 0 Å². The van der Waals surface area contributed by atoms with Gasteiger partial charge in [0.05, 0.1) is 8.07 Å². The van der Waals surface area contributed by atoms with Crippen molar-refractivity contribution in [2.75, 3.05) is 0 Å². The Hall–Kier alpha value is 0.217. The molecule has 1 heteroatoms. The first kappa shape index (κ1) is 12.2. The van der Waals surface area contributed by atoms with Gasteiger partial charge < -0.3 is 0 Å². The van der Waals surface area contributed by atoms with Crippen LogP contribution in [0.25, 0.3) is 0 Å². The third-order valence-electron chi connectivity index (χ3n) is 3.09. The van der Waals surface area contributed by atoms with Crippen LogP contribution in [0.15, 0.2) is 0 Å². The normalized spacial score (nSPS) is 12.0. The zero-order chi connectivity index (χ0) is 9.45. The van der Waals surface area contributed by atoms with Gasteiger partial charge in [0.1, 0.15) is 0 Å². The van der Waals surface area contributed by atoms with Crippen LogP contribution in [0.5, 0.6) is 0 Å². The topological polar surface area (TPSA) is 0 Å². The van der Waals surface area contributed by atoms with Gasteiger partial charge in [-0.05, 0) is 0 Å². The molecule has 0 spiro atoms. The molecule has 0 aromatic carbocycles. The molecule has 0 heterocycles. The fraction of sp³-hybridized carbons (Fsp3) is 1.00. The van der Waals surface area contributed by atoms with Gasteiger partial charge in [0, 0.05) is 0 Å². The molecule has 0 radical (unpaired) electrons. The van der Waals surface area contributed by atoms with Crippen molar-refractivity contribution >= 4 is 8.07 Å². The van der Waals surface area contributed by atoms with Crippen LogP contribution in [0.3, 0.4) is 0 Å². The first-order valence-electron chi connectivity index (χ1n) is 5.74. The van der Waals surface area contributed by atoms with E-state index in [1.54, 1.807) is 18.1 Å². The van der Waals surface area contributed by atoms with E-state index in [0.29, 0.717) is 0 Å². The van der Waals surface area contributed by atoms with Crippen LogP contribution < -0.4 is 0 Å². The lowest BCUT2D eigenvalue weighted by Crippen LogP contribution is -2.32. The van der Waals surface area contributed by atoms with E-state index in [9.17, 15) is 0 Å². The summed E-state index contributed by atoms with van der Waals surface area (Å²) in [5, 5.41) is 0. The van der Waals surface area contributed by atoms with E-state index in [0.717, 1.165) is 0 Å². The van der Waals surface area contributed by atoms with Gasteiger partial charge in [-0.2, -0.15) is 0 Å². The first-order chi connectivity index (χ1) is 5.74. The predicted octanol–water partition coefficient (Wildman–Crippen LogP) is 4.69. The van der Waals surface area contributed by atoms with Gasteiger partial charge in [-0.15, -0.1) is 0 Å². The largest absolute Gasteiger partial charge is 0.0678 e. The van der Waals surface area contributed by atoms with Crippen molar-refractivity contribution in [3.05, 3.63) is 0 Å². The second-order valence-electron chi connectivity index (χ2n) is 4.10. The van der Waals surface area contributed by atoms with E-state index in [1.807, 2.05) is 0 Å². The minimum atomic E-state index is -0.769. The summed E-state index contributed by atoms with van der Waals surface area (Å²) >= 11 is 0. The summed E-state index contributed by atoms with van der Waals surface area (Å²) in [6, 6.07) is 6.24. The van der Waals surface area contributed by atoms with E-state index in [1.165, 1.54) is 25.3 Å². The maximum Gasteiger partial charge on any atom is 0.0532 e. The van der Waals surface area contributed by atoms with Crippen molar-refractivity contribution in [3.63, 3.8) is 0 Å². The molecule has 0 aliphatic rings. The molecule has 0 aromatic rings. The fourth-order valence-corrected chi connectivity index (χ4v) is 7.49. The summed E-state index contributed by atoms with van der Waals surface area (Å²) in [5.41, 5.74) is 0. The van der Waals surface area contributed by atoms with Gasteiger partial charge in [0.2, 0.25) is 0 Å². The minimum Gasteiger partial charge on any atom is -0.0678 e. The summed E-state index contributed by atoms with van der Waals surface area (Å²) in [6.07, 6.45) is 4.25. The summed E-state index contributed by atoms with van der Waals surface area (Å²) in [5.74, 6) is 0. The van der Waals surface area contributed by atoms with Crippen LogP contribution in [0.4, 0.5) is 0 Å². The molecule has 0 fully saturated rings. The van der Waals surface area contributed by atoms with Gasteiger partial charge in [0.15, 0.2) is 0 Å². The third-order valence-corrected chi connectivity index (χ3v) is 9.27. The van der Waals surface area contributed by atoms with Crippen molar-refractivity contribution in [2.24, 2.45) is 0 Å². The van der Waals surface area contributed by atoms with E-state index in [2.05, 4.69) is 27.7 Å². The summed E-state index contributed by atoms with van der Waals surface area (Å²) in [4.78, 5) is 0. The number of rotatable bonds is 7. The minimum absolute atomic E-state index is 0.769. The molecule has 0 rings (SSSR count). The van der Waals surface area contributed by atoms with Crippen molar-refractivity contribution in [3.8, 4) is 0 Å². The Kier molecular flexibility index (Phi) is 6.82. The standard InChI is InChI=1S/C11H26Si/c1-5-9-12(8-4,10-6-2)11-7-3/h5-11H2,1-4H3. The van der Waals surface area contributed by atoms with E-state index < -0.39 is 8.07 Å². The van der Waals surface area contributed by atoms with Crippen molar-refractivity contribution in [2.45, 2.75) is 71.1 Å². The highest BCUT2D eigenvalue weighted by Gasteiger charge is 2.27. The van der Waals surface area contributed by atoms with Crippen LogP contribution in [0.1, 0.15) is 47.0 Å². The van der Waals surface area contributed by atoms with Crippen molar-refractivity contribution < 1.29 is 0 Å². The highest BCUT2D eigenvalue weighted by atomic mass is 28.3. The SMILES string of the molecule is CCC[Si](CC)(CCC)CCC. The Morgan fingerprint density at radius 3 is 1.17 bits per heavy atom. The fourth-order valence-electron chi connectivity index (χ4n) is 2.50. The molecular formula is C11H26Si. The Morgan fingerprint density at radius 2 is 1.00 bits per heavy atom. The van der Waals surface area contributed by atoms with Crippen LogP contribution in [0, 0.1) is 0 Å². The second kappa shape index (κ2) is 6.70. The molecule has 0 bridgehead atoms. The second-order valence-corrected chi connectivity index (χ2v) is 9.31. The first-order valence-corrected chi connectivity index (χ1v) is 8.57. The molecule has 0 saturated carbocycles. The van der Waals surface area contributed by atoms with Crippen LogP contribution >= 0.6 is 0 Å². The van der Waals surface area contributed by atoms with Gasteiger partial charge in [0.25, 0.3) is 0 Å². The van der Waals surface area contributed by atoms with Gasteiger partial charge in [-0.1, -0.05) is 71.1 Å². The lowest BCUT2D eigenvalue weighted by molar-refractivity contribution is 0.909. The molecule has 74 valence electrons. The quantitative estimate of drug-likeness (QED) is 0.506. The summed E-state index contributed by atoms with van der Waals surface area (Å²) in [7, 11) is -0.769. The third kappa shape index (κ3) is 3.75. The van der Waals surface area contributed by atoms with Crippen molar-refractivity contribution in [1.82, 2.24) is 0 Å². The molecule has 0 N–H and O–H groups in total. The Bertz CT molecular complexity index is 82.2. The summed E-state index contributed by atoms with van der Waals surface area (Å²) < 4.78 is 0. The monoisotopic (exact) mass is 186 g/mol. The van der Waals surface area contributed by atoms with Crippen LogP contribution in [-0.2, 0) is 0 Å². The molecule has 0 aliphatic carbocycles. The van der Waals surface area contributed by atoms with Crippen molar-refractivity contribution in [1.29, 1.82) is 0 Å². The highest BCUT2D eigenvalue weighted by Crippen LogP contribution is 2.29. The highest BCUT2D eigenvalue weighted by molar-refractivity contribution is 6.79. The summed E-state index contributed by atoms with van der Waals surface area (Å²) in [6.45, 7) is 9.47. The Morgan fingerprint density at radius 1 is 0.667 bits per heavy atom. The zero-order valence-corrected chi connectivity index (χ0v) is 10.4. The number of hydrogen-bond donors (Lipinski definition) is 0. The molecule has 0 nitrogen and oxygen atoms in total. The van der Waals surface area contributed by atoms with Gasteiger partial charge >= 0.3 is 0 Å². The molecule has 0 atom stereocenters. The predicted molar refractivity (Wildman–Crippen MR) is 61.5 cm³/mol. The molecule has 12 heavy (non-hydrogen) atoms. The molecule has 0 aliphatic heterocycles. The smallest absolute Gasteiger partial charge is 0.0532 e. The lowest BCUT2D eigenvalue weighted by Gasteiger charge is -2.29. The average molecular weight is 186 g/mol. The van der Waals surface area contributed by atoms with Gasteiger partial charge in [-0.25, -0.2) is 0 Å². The maximum absolute atomic E-state index is 2.42. The molecular weight excluding hydrogens is 160 g/mol. The van der Waals surface area contributed by atoms with E-state index in [4.69, 9.17) is 0 Å². The Labute approximate surface area is 79.8 Å². The zero-order valence-electron chi connectivity index (χ0n) is 9.45. The average Bonchev–Trinajstić information content (AvgIpc) is 2.06. The molecule has 0 unspecified atom stereocenters. The molecule has 0 amide bonds.